The van der Waals surface area contributed by atoms with Gasteiger partial charge in [0.05, 0.1) is 11.6 Å². The number of carbonyl (C=O) groups is 3. The van der Waals surface area contributed by atoms with Crippen molar-refractivity contribution < 1.29 is 31.9 Å². The van der Waals surface area contributed by atoms with Gasteiger partial charge in [-0.3, -0.25) is 24.2 Å². The number of amides is 3. The molecule has 1 aliphatic heterocycles. The highest BCUT2D eigenvalue weighted by Gasteiger charge is 2.57. The summed E-state index contributed by atoms with van der Waals surface area (Å²) in [5.74, 6) is -7.28. The van der Waals surface area contributed by atoms with Crippen LogP contribution in [0.2, 0.25) is 0 Å². The van der Waals surface area contributed by atoms with E-state index in [0.29, 0.717) is 12.0 Å². The Morgan fingerprint density at radius 2 is 1.81 bits per heavy atom. The minimum absolute atomic E-state index is 0.0184. The smallest absolute Gasteiger partial charge is 0.252 e. The maximum absolute atomic E-state index is 14.7. The number of anilines is 2. The third-order valence-electron chi connectivity index (χ3n) is 8.40. The third kappa shape index (κ3) is 4.78. The van der Waals surface area contributed by atoms with E-state index in [9.17, 15) is 37.2 Å². The van der Waals surface area contributed by atoms with Gasteiger partial charge in [0.25, 0.3) is 17.7 Å². The first-order valence-corrected chi connectivity index (χ1v) is 13.8. The molecule has 3 aliphatic rings. The largest absolute Gasteiger partial charge is 0.351 e. The van der Waals surface area contributed by atoms with E-state index >= 15 is 0 Å². The average Bonchev–Trinajstić information content (AvgIpc) is 3.55. The molecule has 12 heteroatoms. The van der Waals surface area contributed by atoms with Crippen LogP contribution in [-0.2, 0) is 26.3 Å². The number of rotatable bonds is 6. The normalized spacial score (nSPS) is 22.4. The van der Waals surface area contributed by atoms with Crippen LogP contribution in [-0.4, -0.2) is 40.7 Å². The molecule has 0 unspecified atom stereocenters. The lowest BCUT2D eigenvalue weighted by Gasteiger charge is -2.45. The molecule has 0 bridgehead atoms. The topological polar surface area (TPSA) is 106 Å². The minimum atomic E-state index is -2.93. The standard InChI is InChI=1S/C31H25F4N5O3/c32-23-6-5-21(14-24(23)33)40(28(42)25-7-8-27(41)39(25)26-13-18(17-36)10-12-37-26)31(11-9-19-3-1-2-4-22(19)31)29(43)38-20-15-30(34,35)16-20/h1-6,10,12-14,20,25H,7-9,11,15-16H2,(H,38,43)/t25-,31-/m0/s1. The molecule has 3 amide bonds. The van der Waals surface area contributed by atoms with Crippen LogP contribution in [0.15, 0.2) is 60.8 Å². The molecule has 1 saturated carbocycles. The van der Waals surface area contributed by atoms with E-state index in [4.69, 9.17) is 0 Å². The number of carbonyl (C=O) groups excluding carboxylic acids is 3. The second-order valence-electron chi connectivity index (χ2n) is 11.1. The molecule has 2 aromatic carbocycles. The third-order valence-corrected chi connectivity index (χ3v) is 8.40. The maximum Gasteiger partial charge on any atom is 0.252 e. The highest BCUT2D eigenvalue weighted by Crippen LogP contribution is 2.47. The van der Waals surface area contributed by atoms with Crippen LogP contribution in [0.5, 0.6) is 0 Å². The van der Waals surface area contributed by atoms with Gasteiger partial charge in [0, 0.05) is 43.3 Å². The fourth-order valence-electron chi connectivity index (χ4n) is 6.36. The first-order chi connectivity index (χ1) is 20.5. The van der Waals surface area contributed by atoms with Gasteiger partial charge < -0.3 is 5.32 Å². The van der Waals surface area contributed by atoms with Crippen molar-refractivity contribution in [3.63, 3.8) is 0 Å². The summed E-state index contributed by atoms with van der Waals surface area (Å²) in [4.78, 5) is 48.5. The molecule has 1 N–H and O–H groups in total. The van der Waals surface area contributed by atoms with E-state index in [-0.39, 0.29) is 36.3 Å². The van der Waals surface area contributed by atoms with Crippen molar-refractivity contribution in [2.45, 2.75) is 62.1 Å². The number of alkyl halides is 2. The van der Waals surface area contributed by atoms with Gasteiger partial charge in [-0.1, -0.05) is 24.3 Å². The number of pyridine rings is 1. The fourth-order valence-corrected chi connectivity index (χ4v) is 6.36. The van der Waals surface area contributed by atoms with Gasteiger partial charge in [-0.25, -0.2) is 22.5 Å². The van der Waals surface area contributed by atoms with Crippen molar-refractivity contribution >= 4 is 29.2 Å². The molecule has 2 aliphatic carbocycles. The predicted octanol–water partition coefficient (Wildman–Crippen LogP) is 4.52. The number of halogens is 4. The van der Waals surface area contributed by atoms with Crippen molar-refractivity contribution in [2.24, 2.45) is 0 Å². The second kappa shape index (κ2) is 10.5. The van der Waals surface area contributed by atoms with Gasteiger partial charge in [-0.15, -0.1) is 0 Å². The average molecular weight is 592 g/mol. The SMILES string of the molecule is N#Cc1ccnc(N2C(=O)CC[C@H]2C(=O)N(c2ccc(F)c(F)c2)[C@@]2(C(=O)NC3CC(F)(F)C3)CCc3ccccc32)c1. The lowest BCUT2D eigenvalue weighted by atomic mass is 9.83. The summed E-state index contributed by atoms with van der Waals surface area (Å²) in [6.07, 6.45) is 0.511. The number of nitrogens with zero attached hydrogens (tertiary/aromatic N) is 4. The minimum Gasteiger partial charge on any atom is -0.351 e. The first kappa shape index (κ1) is 28.3. The first-order valence-electron chi connectivity index (χ1n) is 13.8. The van der Waals surface area contributed by atoms with Crippen LogP contribution in [0.25, 0.3) is 0 Å². The molecule has 2 fully saturated rings. The van der Waals surface area contributed by atoms with Crippen LogP contribution >= 0.6 is 0 Å². The van der Waals surface area contributed by atoms with Crippen LogP contribution in [0.3, 0.4) is 0 Å². The number of hydrogen-bond donors (Lipinski definition) is 1. The van der Waals surface area contributed by atoms with E-state index in [1.54, 1.807) is 24.3 Å². The molecular formula is C31H25F4N5O3. The van der Waals surface area contributed by atoms with Crippen molar-refractivity contribution in [3.05, 3.63) is 89.1 Å². The summed E-state index contributed by atoms with van der Waals surface area (Å²) in [5, 5.41) is 12.1. The zero-order valence-corrected chi connectivity index (χ0v) is 22.7. The van der Waals surface area contributed by atoms with E-state index in [1.807, 2.05) is 6.07 Å². The highest BCUT2D eigenvalue weighted by molar-refractivity contribution is 6.12. The van der Waals surface area contributed by atoms with E-state index in [0.717, 1.165) is 27.5 Å². The predicted molar refractivity (Wildman–Crippen MR) is 146 cm³/mol. The summed E-state index contributed by atoms with van der Waals surface area (Å²) in [7, 11) is 0. The lowest BCUT2D eigenvalue weighted by molar-refractivity contribution is -0.137. The van der Waals surface area contributed by atoms with Crippen LogP contribution < -0.4 is 15.1 Å². The Kier molecular flexibility index (Phi) is 6.91. The Hall–Kier alpha value is -4.79. The van der Waals surface area contributed by atoms with Crippen molar-refractivity contribution in [2.75, 3.05) is 9.80 Å². The quantitative estimate of drug-likeness (QED) is 0.425. The number of nitriles is 1. The van der Waals surface area contributed by atoms with Crippen molar-refractivity contribution in [3.8, 4) is 6.07 Å². The molecular weight excluding hydrogens is 566 g/mol. The summed E-state index contributed by atoms with van der Waals surface area (Å²) >= 11 is 0. The molecule has 1 saturated heterocycles. The Balaban J connectivity index is 1.50. The van der Waals surface area contributed by atoms with Gasteiger partial charge in [0.15, 0.2) is 17.2 Å². The molecule has 43 heavy (non-hydrogen) atoms. The number of aryl methyl sites for hydroxylation is 1. The Bertz CT molecular complexity index is 1680. The van der Waals surface area contributed by atoms with Crippen LogP contribution in [0, 0.1) is 23.0 Å². The molecule has 8 nitrogen and oxygen atoms in total. The maximum atomic E-state index is 14.7. The number of fused-ring (bicyclic) bond motifs is 1. The highest BCUT2D eigenvalue weighted by atomic mass is 19.3. The fraction of sp³-hybridized carbons (Fsp3) is 0.323. The van der Waals surface area contributed by atoms with Gasteiger partial charge in [0.2, 0.25) is 5.91 Å². The Labute approximate surface area is 243 Å². The molecule has 220 valence electrons. The molecule has 2 heterocycles. The molecule has 6 rings (SSSR count). The summed E-state index contributed by atoms with van der Waals surface area (Å²) in [6.45, 7) is 0. The molecule has 1 aromatic heterocycles. The zero-order valence-electron chi connectivity index (χ0n) is 22.7. The van der Waals surface area contributed by atoms with E-state index < -0.39 is 65.7 Å². The van der Waals surface area contributed by atoms with Crippen molar-refractivity contribution in [1.29, 1.82) is 5.26 Å². The van der Waals surface area contributed by atoms with Crippen LogP contribution in [0.4, 0.5) is 29.1 Å². The number of nitrogens with one attached hydrogen (secondary N) is 1. The number of aromatic nitrogens is 1. The zero-order chi connectivity index (χ0) is 30.5. The van der Waals surface area contributed by atoms with Crippen LogP contribution in [0.1, 0.15) is 48.8 Å². The monoisotopic (exact) mass is 591 g/mol. The summed E-state index contributed by atoms with van der Waals surface area (Å²) in [5.41, 5.74) is -0.641. The molecule has 0 radical (unpaired) electrons. The molecule has 3 aromatic rings. The summed E-state index contributed by atoms with van der Waals surface area (Å²) in [6, 6.07) is 12.3. The van der Waals surface area contributed by atoms with Gasteiger partial charge >= 0.3 is 0 Å². The van der Waals surface area contributed by atoms with Gasteiger partial charge in [0.1, 0.15) is 11.9 Å². The van der Waals surface area contributed by atoms with E-state index in [1.165, 1.54) is 24.4 Å². The molecule has 0 spiro atoms. The summed E-state index contributed by atoms with van der Waals surface area (Å²) < 4.78 is 56.3. The molecule has 2 atom stereocenters. The number of hydrogen-bond acceptors (Lipinski definition) is 5. The van der Waals surface area contributed by atoms with Gasteiger partial charge in [-0.2, -0.15) is 5.26 Å². The number of benzene rings is 2. The Morgan fingerprint density at radius 3 is 2.53 bits per heavy atom. The Morgan fingerprint density at radius 1 is 1.05 bits per heavy atom. The van der Waals surface area contributed by atoms with E-state index in [2.05, 4.69) is 10.3 Å². The lowest BCUT2D eigenvalue weighted by Crippen LogP contribution is -2.64. The second-order valence-corrected chi connectivity index (χ2v) is 11.1. The van der Waals surface area contributed by atoms with Gasteiger partial charge in [-0.05, 0) is 54.7 Å². The van der Waals surface area contributed by atoms with Crippen molar-refractivity contribution in [1.82, 2.24) is 10.3 Å².